The summed E-state index contributed by atoms with van der Waals surface area (Å²) in [5.41, 5.74) is 9.29. The van der Waals surface area contributed by atoms with Gasteiger partial charge in [-0.05, 0) is 31.7 Å². The standard InChI is InChI=1S/C18H21N7O/c1-10(11-3-4-11)24-16-14(17(19)26)8-23-25-9-12(5-15(16)25)13-6-21-18(20-2)22-7-13/h5-11,24H,3-4H2,1-2H3,(H2,19,26)(H,20,21,22). The van der Waals surface area contributed by atoms with Gasteiger partial charge in [0.2, 0.25) is 5.95 Å². The largest absolute Gasteiger partial charge is 0.380 e. The first-order chi connectivity index (χ1) is 12.6. The summed E-state index contributed by atoms with van der Waals surface area (Å²) >= 11 is 0. The van der Waals surface area contributed by atoms with Crippen molar-refractivity contribution in [3.8, 4) is 11.1 Å². The lowest BCUT2D eigenvalue weighted by Crippen LogP contribution is -2.22. The summed E-state index contributed by atoms with van der Waals surface area (Å²) in [6.07, 6.45) is 9.34. The Kier molecular flexibility index (Phi) is 3.95. The monoisotopic (exact) mass is 351 g/mol. The van der Waals surface area contributed by atoms with Gasteiger partial charge >= 0.3 is 0 Å². The van der Waals surface area contributed by atoms with Gasteiger partial charge in [0.25, 0.3) is 5.91 Å². The van der Waals surface area contributed by atoms with Crippen LogP contribution in [0.2, 0.25) is 0 Å². The molecule has 134 valence electrons. The maximum Gasteiger partial charge on any atom is 0.252 e. The molecule has 26 heavy (non-hydrogen) atoms. The average molecular weight is 351 g/mol. The number of nitrogens with zero attached hydrogens (tertiary/aromatic N) is 4. The van der Waals surface area contributed by atoms with Gasteiger partial charge in [-0.25, -0.2) is 14.5 Å². The summed E-state index contributed by atoms with van der Waals surface area (Å²) in [6.45, 7) is 2.13. The van der Waals surface area contributed by atoms with E-state index in [1.807, 2.05) is 12.3 Å². The molecule has 0 aromatic carbocycles. The van der Waals surface area contributed by atoms with Crippen molar-refractivity contribution in [3.63, 3.8) is 0 Å². The molecule has 0 aliphatic heterocycles. The Labute approximate surface area is 150 Å². The predicted molar refractivity (Wildman–Crippen MR) is 100 cm³/mol. The molecule has 1 aliphatic carbocycles. The number of carbonyl (C=O) groups excluding carboxylic acids is 1. The molecular formula is C18H21N7O. The summed E-state index contributed by atoms with van der Waals surface area (Å²) in [6, 6.07) is 2.25. The number of rotatable bonds is 6. The molecule has 1 atom stereocenters. The minimum Gasteiger partial charge on any atom is -0.380 e. The van der Waals surface area contributed by atoms with Crippen molar-refractivity contribution in [2.45, 2.75) is 25.8 Å². The van der Waals surface area contributed by atoms with Crippen LogP contribution >= 0.6 is 0 Å². The van der Waals surface area contributed by atoms with E-state index in [2.05, 4.69) is 32.6 Å². The van der Waals surface area contributed by atoms with Crippen LogP contribution in [0.5, 0.6) is 0 Å². The number of nitrogens with one attached hydrogen (secondary N) is 2. The first-order valence-corrected chi connectivity index (χ1v) is 8.64. The Morgan fingerprint density at radius 2 is 2.00 bits per heavy atom. The molecule has 1 saturated carbocycles. The van der Waals surface area contributed by atoms with E-state index in [1.165, 1.54) is 19.0 Å². The zero-order valence-corrected chi connectivity index (χ0v) is 14.7. The first-order valence-electron chi connectivity index (χ1n) is 8.64. The number of nitrogens with two attached hydrogens (primary N) is 1. The minimum atomic E-state index is -0.491. The van der Waals surface area contributed by atoms with Crippen LogP contribution in [0.15, 0.2) is 30.9 Å². The van der Waals surface area contributed by atoms with Gasteiger partial charge in [-0.3, -0.25) is 4.79 Å². The molecule has 0 saturated heterocycles. The quantitative estimate of drug-likeness (QED) is 0.627. The smallest absolute Gasteiger partial charge is 0.252 e. The zero-order chi connectivity index (χ0) is 18.3. The Balaban J connectivity index is 1.79. The van der Waals surface area contributed by atoms with Crippen molar-refractivity contribution in [3.05, 3.63) is 36.4 Å². The second kappa shape index (κ2) is 6.29. The Bertz CT molecular complexity index is 960. The Morgan fingerprint density at radius 3 is 2.62 bits per heavy atom. The third kappa shape index (κ3) is 2.94. The molecule has 0 radical (unpaired) electrons. The molecule has 1 amide bonds. The van der Waals surface area contributed by atoms with E-state index in [1.54, 1.807) is 24.0 Å². The molecule has 1 fully saturated rings. The van der Waals surface area contributed by atoms with Crippen LogP contribution in [-0.4, -0.2) is 38.6 Å². The zero-order valence-electron chi connectivity index (χ0n) is 14.7. The molecule has 3 heterocycles. The summed E-state index contributed by atoms with van der Waals surface area (Å²) in [4.78, 5) is 20.4. The molecule has 4 rings (SSSR count). The molecule has 4 N–H and O–H groups in total. The third-order valence-corrected chi connectivity index (χ3v) is 4.81. The number of hydrogen-bond donors (Lipinski definition) is 3. The highest BCUT2D eigenvalue weighted by Gasteiger charge is 2.29. The molecule has 3 aromatic rings. The minimum absolute atomic E-state index is 0.274. The molecule has 8 nitrogen and oxygen atoms in total. The number of aromatic nitrogens is 4. The molecular weight excluding hydrogens is 330 g/mol. The van der Waals surface area contributed by atoms with Gasteiger partial charge in [0.15, 0.2) is 0 Å². The summed E-state index contributed by atoms with van der Waals surface area (Å²) in [5.74, 6) is 0.711. The lowest BCUT2D eigenvalue weighted by atomic mass is 10.1. The average Bonchev–Trinajstić information content (AvgIpc) is 3.40. The topological polar surface area (TPSA) is 110 Å². The van der Waals surface area contributed by atoms with Crippen molar-refractivity contribution in [2.75, 3.05) is 17.7 Å². The number of fused-ring (bicyclic) bond motifs is 1. The molecule has 1 unspecified atom stereocenters. The van der Waals surface area contributed by atoms with Crippen LogP contribution in [0.25, 0.3) is 16.6 Å². The van der Waals surface area contributed by atoms with Crippen molar-refractivity contribution in [2.24, 2.45) is 11.7 Å². The van der Waals surface area contributed by atoms with Crippen LogP contribution < -0.4 is 16.4 Å². The van der Waals surface area contributed by atoms with Gasteiger partial charge < -0.3 is 16.4 Å². The number of primary amides is 1. The number of hydrogen-bond acceptors (Lipinski definition) is 6. The maximum atomic E-state index is 11.9. The second-order valence-corrected chi connectivity index (χ2v) is 6.67. The fraction of sp³-hybridized carbons (Fsp3) is 0.333. The van der Waals surface area contributed by atoms with Gasteiger partial charge in [0.1, 0.15) is 0 Å². The van der Waals surface area contributed by atoms with Crippen molar-refractivity contribution in [1.82, 2.24) is 19.6 Å². The second-order valence-electron chi connectivity index (χ2n) is 6.67. The normalized spacial score (nSPS) is 15.0. The fourth-order valence-corrected chi connectivity index (χ4v) is 3.10. The highest BCUT2D eigenvalue weighted by atomic mass is 16.1. The van der Waals surface area contributed by atoms with Crippen molar-refractivity contribution >= 4 is 23.1 Å². The molecule has 0 bridgehead atoms. The molecule has 8 heteroatoms. The lowest BCUT2D eigenvalue weighted by Gasteiger charge is -2.17. The highest BCUT2D eigenvalue weighted by Crippen LogP contribution is 2.36. The maximum absolute atomic E-state index is 11.9. The van der Waals surface area contributed by atoms with E-state index < -0.39 is 5.91 Å². The van der Waals surface area contributed by atoms with Gasteiger partial charge in [0.05, 0.1) is 23.0 Å². The van der Waals surface area contributed by atoms with Crippen LogP contribution in [0, 0.1) is 5.92 Å². The fourth-order valence-electron chi connectivity index (χ4n) is 3.10. The summed E-state index contributed by atoms with van der Waals surface area (Å²) < 4.78 is 1.75. The Morgan fingerprint density at radius 1 is 1.27 bits per heavy atom. The van der Waals surface area contributed by atoms with Gasteiger partial charge in [-0.2, -0.15) is 5.10 Å². The molecule has 1 aliphatic rings. The van der Waals surface area contributed by atoms with E-state index in [0.29, 0.717) is 17.4 Å². The lowest BCUT2D eigenvalue weighted by molar-refractivity contribution is 0.100. The Hall–Kier alpha value is -3.16. The van der Waals surface area contributed by atoms with Crippen molar-refractivity contribution in [1.29, 1.82) is 0 Å². The van der Waals surface area contributed by atoms with E-state index in [4.69, 9.17) is 5.73 Å². The van der Waals surface area contributed by atoms with E-state index in [0.717, 1.165) is 22.3 Å². The van der Waals surface area contributed by atoms with E-state index in [9.17, 15) is 4.79 Å². The number of anilines is 2. The predicted octanol–water partition coefficient (Wildman–Crippen LogP) is 2.14. The van der Waals surface area contributed by atoms with E-state index in [-0.39, 0.29) is 6.04 Å². The SMILES string of the molecule is CNc1ncc(-c2cc3c(NC(C)C4CC4)c(C(N)=O)cnn3c2)cn1. The van der Waals surface area contributed by atoms with Crippen LogP contribution in [0.3, 0.4) is 0 Å². The highest BCUT2D eigenvalue weighted by molar-refractivity contribution is 6.02. The van der Waals surface area contributed by atoms with Crippen LogP contribution in [0.4, 0.5) is 11.6 Å². The summed E-state index contributed by atoms with van der Waals surface area (Å²) in [5, 5.41) is 10.7. The van der Waals surface area contributed by atoms with Gasteiger partial charge in [-0.15, -0.1) is 0 Å². The first kappa shape index (κ1) is 16.3. The number of carbonyl (C=O) groups is 1. The summed E-state index contributed by atoms with van der Waals surface area (Å²) in [7, 11) is 1.77. The third-order valence-electron chi connectivity index (χ3n) is 4.81. The van der Waals surface area contributed by atoms with E-state index >= 15 is 0 Å². The van der Waals surface area contributed by atoms with Gasteiger partial charge in [-0.1, -0.05) is 0 Å². The molecule has 0 spiro atoms. The number of amides is 1. The van der Waals surface area contributed by atoms with Crippen LogP contribution in [0.1, 0.15) is 30.1 Å². The van der Waals surface area contributed by atoms with Crippen molar-refractivity contribution < 1.29 is 4.79 Å². The van der Waals surface area contributed by atoms with Gasteiger partial charge in [0, 0.05) is 42.8 Å². The molecule has 3 aromatic heterocycles. The van der Waals surface area contributed by atoms with Crippen LogP contribution in [-0.2, 0) is 0 Å².